The molecule has 1 atom stereocenters. The lowest BCUT2D eigenvalue weighted by atomic mass is 10.4. The van der Waals surface area contributed by atoms with Crippen LogP contribution >= 0.6 is 11.6 Å². The maximum absolute atomic E-state index is 9.08. The molecule has 0 spiro atoms. The number of aliphatic hydroxyl groups is 1. The average Bonchev–Trinajstić information content (AvgIpc) is 2.14. The third kappa shape index (κ3) is 1.15. The molecule has 0 amide bonds. The lowest BCUT2D eigenvalue weighted by molar-refractivity contribution is 0.185. The van der Waals surface area contributed by atoms with Gasteiger partial charge in [-0.05, 0) is 6.92 Å². The predicted molar refractivity (Wildman–Crippen MR) is 38.9 cm³/mol. The van der Waals surface area contributed by atoms with Crippen LogP contribution in [0, 0.1) is 0 Å². The van der Waals surface area contributed by atoms with E-state index >= 15 is 0 Å². The van der Waals surface area contributed by atoms with Crippen LogP contribution in [0.2, 0.25) is 5.15 Å². The Kier molecular flexibility index (Phi) is 1.97. The molecule has 56 valence electrons. The molecule has 1 aromatic heterocycles. The molecule has 1 rings (SSSR count). The highest BCUT2D eigenvalue weighted by molar-refractivity contribution is 6.29. The first kappa shape index (κ1) is 7.57. The largest absolute Gasteiger partial charge is 0.385 e. The van der Waals surface area contributed by atoms with Gasteiger partial charge in [-0.15, -0.1) is 0 Å². The summed E-state index contributed by atoms with van der Waals surface area (Å²) in [5.41, 5.74) is 0. The van der Waals surface area contributed by atoms with Gasteiger partial charge in [-0.3, -0.25) is 0 Å². The Morgan fingerprint density at radius 1 is 1.80 bits per heavy atom. The minimum absolute atomic E-state index is 0.538. The van der Waals surface area contributed by atoms with Crippen LogP contribution in [0.1, 0.15) is 18.9 Å². The van der Waals surface area contributed by atoms with E-state index in [9.17, 15) is 0 Å². The third-order valence-electron chi connectivity index (χ3n) is 1.34. The number of aliphatic hydroxyl groups excluding tert-OH is 1. The van der Waals surface area contributed by atoms with Crippen molar-refractivity contribution in [3.05, 3.63) is 17.2 Å². The highest BCUT2D eigenvalue weighted by Gasteiger charge is 2.08. The van der Waals surface area contributed by atoms with Gasteiger partial charge in [-0.25, -0.2) is 4.98 Å². The molecule has 0 saturated carbocycles. The predicted octanol–water partition coefficient (Wildman–Crippen LogP) is 1.13. The van der Waals surface area contributed by atoms with E-state index in [2.05, 4.69) is 4.98 Å². The van der Waals surface area contributed by atoms with E-state index in [1.54, 1.807) is 18.5 Å². The Morgan fingerprint density at radius 2 is 2.40 bits per heavy atom. The van der Waals surface area contributed by atoms with Gasteiger partial charge in [0.2, 0.25) is 0 Å². The minimum Gasteiger partial charge on any atom is -0.385 e. The first-order chi connectivity index (χ1) is 4.63. The van der Waals surface area contributed by atoms with Crippen molar-refractivity contribution in [3.63, 3.8) is 0 Å². The van der Waals surface area contributed by atoms with Crippen LogP contribution in [0.4, 0.5) is 0 Å². The van der Waals surface area contributed by atoms with Crippen molar-refractivity contribution >= 4 is 11.6 Å². The van der Waals surface area contributed by atoms with E-state index in [-0.39, 0.29) is 0 Å². The molecule has 0 aliphatic heterocycles. The van der Waals surface area contributed by atoms with Crippen LogP contribution in [0.3, 0.4) is 0 Å². The normalized spacial score (nSPS) is 13.6. The summed E-state index contributed by atoms with van der Waals surface area (Å²) in [5, 5.41) is 9.61. The molecule has 1 aromatic rings. The summed E-state index contributed by atoms with van der Waals surface area (Å²) < 4.78 is 1.65. The smallest absolute Gasteiger partial charge is 0.138 e. The molecule has 10 heavy (non-hydrogen) atoms. The average molecular weight is 161 g/mol. The quantitative estimate of drug-likeness (QED) is 0.669. The summed E-state index contributed by atoms with van der Waals surface area (Å²) in [6.07, 6.45) is 0.960. The Morgan fingerprint density at radius 3 is 2.60 bits per heavy atom. The van der Waals surface area contributed by atoms with Crippen LogP contribution in [-0.4, -0.2) is 14.7 Å². The number of imidazole rings is 1. The summed E-state index contributed by atoms with van der Waals surface area (Å²) in [6.45, 7) is 1.65. The Bertz CT molecular complexity index is 232. The van der Waals surface area contributed by atoms with E-state index in [1.165, 1.54) is 6.20 Å². The molecule has 0 aliphatic rings. The summed E-state index contributed by atoms with van der Waals surface area (Å²) in [7, 11) is 1.76. The molecule has 4 heteroatoms. The van der Waals surface area contributed by atoms with E-state index in [4.69, 9.17) is 16.7 Å². The van der Waals surface area contributed by atoms with Crippen LogP contribution in [0.15, 0.2) is 6.20 Å². The van der Waals surface area contributed by atoms with Gasteiger partial charge in [0.05, 0.1) is 6.20 Å². The fraction of sp³-hybridized carbons (Fsp3) is 0.500. The molecule has 3 nitrogen and oxygen atoms in total. The highest BCUT2D eigenvalue weighted by Crippen LogP contribution is 2.14. The van der Waals surface area contributed by atoms with Gasteiger partial charge in [0.25, 0.3) is 0 Å². The molecule has 0 aliphatic carbocycles. The number of halogens is 1. The van der Waals surface area contributed by atoms with E-state index in [0.717, 1.165) is 0 Å². The molecule has 0 bridgehead atoms. The zero-order valence-corrected chi connectivity index (χ0v) is 6.63. The standard InChI is InChI=1S/C6H9ClN2O/c1-4(10)6-8-3-5(7)9(6)2/h3-4,10H,1-2H3/t4-/m0/s1. The van der Waals surface area contributed by atoms with Crippen molar-refractivity contribution in [3.8, 4) is 0 Å². The van der Waals surface area contributed by atoms with E-state index in [0.29, 0.717) is 11.0 Å². The lowest BCUT2D eigenvalue weighted by Crippen LogP contribution is -2.01. The summed E-state index contributed by atoms with van der Waals surface area (Å²) in [6, 6.07) is 0. The number of hydrogen-bond donors (Lipinski definition) is 1. The number of rotatable bonds is 1. The summed E-state index contributed by atoms with van der Waals surface area (Å²) in [5.74, 6) is 0.588. The van der Waals surface area contributed by atoms with Gasteiger partial charge in [-0.2, -0.15) is 0 Å². The van der Waals surface area contributed by atoms with Crippen LogP contribution in [0.5, 0.6) is 0 Å². The zero-order valence-electron chi connectivity index (χ0n) is 5.87. The second kappa shape index (κ2) is 2.60. The molecule has 0 aromatic carbocycles. The van der Waals surface area contributed by atoms with Crippen molar-refractivity contribution in [2.75, 3.05) is 0 Å². The zero-order chi connectivity index (χ0) is 7.72. The Labute approximate surface area is 64.3 Å². The fourth-order valence-corrected chi connectivity index (χ4v) is 0.926. The monoisotopic (exact) mass is 160 g/mol. The van der Waals surface area contributed by atoms with Gasteiger partial charge in [0.1, 0.15) is 17.1 Å². The van der Waals surface area contributed by atoms with Gasteiger partial charge < -0.3 is 9.67 Å². The highest BCUT2D eigenvalue weighted by atomic mass is 35.5. The van der Waals surface area contributed by atoms with Crippen LogP contribution < -0.4 is 0 Å². The van der Waals surface area contributed by atoms with Crippen molar-refractivity contribution in [2.45, 2.75) is 13.0 Å². The van der Waals surface area contributed by atoms with Crippen LogP contribution in [-0.2, 0) is 7.05 Å². The van der Waals surface area contributed by atoms with E-state index < -0.39 is 6.10 Å². The molecular weight excluding hydrogens is 152 g/mol. The van der Waals surface area contributed by atoms with Crippen molar-refractivity contribution < 1.29 is 5.11 Å². The molecule has 1 heterocycles. The van der Waals surface area contributed by atoms with Gasteiger partial charge in [0.15, 0.2) is 0 Å². The molecule has 0 saturated heterocycles. The van der Waals surface area contributed by atoms with Gasteiger partial charge in [-0.1, -0.05) is 11.6 Å². The molecule has 1 N–H and O–H groups in total. The van der Waals surface area contributed by atoms with E-state index in [1.807, 2.05) is 0 Å². The molecule has 0 unspecified atom stereocenters. The Hall–Kier alpha value is -0.540. The van der Waals surface area contributed by atoms with Crippen molar-refractivity contribution in [2.24, 2.45) is 7.05 Å². The summed E-state index contributed by atoms with van der Waals surface area (Å²) in [4.78, 5) is 3.90. The fourth-order valence-electron chi connectivity index (χ4n) is 0.790. The molecular formula is C6H9ClN2O. The second-order valence-electron chi connectivity index (χ2n) is 2.17. The first-order valence-corrected chi connectivity index (χ1v) is 3.36. The number of hydrogen-bond acceptors (Lipinski definition) is 2. The van der Waals surface area contributed by atoms with Crippen LogP contribution in [0.25, 0.3) is 0 Å². The topological polar surface area (TPSA) is 38.1 Å². The van der Waals surface area contributed by atoms with Gasteiger partial charge in [0, 0.05) is 7.05 Å². The molecule has 0 fully saturated rings. The summed E-state index contributed by atoms with van der Waals surface area (Å²) >= 11 is 5.66. The minimum atomic E-state index is -0.558. The Balaban J connectivity index is 3.05. The second-order valence-corrected chi connectivity index (χ2v) is 2.56. The maximum Gasteiger partial charge on any atom is 0.138 e. The van der Waals surface area contributed by atoms with Crippen molar-refractivity contribution in [1.82, 2.24) is 9.55 Å². The maximum atomic E-state index is 9.08. The third-order valence-corrected chi connectivity index (χ3v) is 1.69. The lowest BCUT2D eigenvalue weighted by Gasteiger charge is -2.03. The number of aromatic nitrogens is 2. The first-order valence-electron chi connectivity index (χ1n) is 2.98. The molecule has 0 radical (unpaired) electrons. The van der Waals surface area contributed by atoms with Crippen molar-refractivity contribution in [1.29, 1.82) is 0 Å². The SMILES string of the molecule is C[C@H](O)c1ncc(Cl)n1C. The van der Waals surface area contributed by atoms with Gasteiger partial charge >= 0.3 is 0 Å². The number of nitrogens with zero attached hydrogens (tertiary/aromatic N) is 2.